The number of hydrogen-bond acceptors (Lipinski definition) is 5. The number of carbonyl (C=O) groups is 1. The Morgan fingerprint density at radius 3 is 2.44 bits per heavy atom. The number of aliphatic hydroxyl groups excluding tert-OH is 1. The van der Waals surface area contributed by atoms with E-state index in [1.807, 2.05) is 38.1 Å². The van der Waals surface area contributed by atoms with Crippen LogP contribution in [0.15, 0.2) is 47.4 Å². The Kier molecular flexibility index (Phi) is 7.03. The van der Waals surface area contributed by atoms with Gasteiger partial charge < -0.3 is 14.7 Å². The molecular weight excluding hydrogens is 452 g/mol. The minimum atomic E-state index is -3.90. The molecule has 0 saturated heterocycles. The first-order chi connectivity index (χ1) is 16.1. The van der Waals surface area contributed by atoms with Gasteiger partial charge in [0.15, 0.2) is 0 Å². The third-order valence-corrected chi connectivity index (χ3v) is 8.83. The number of ether oxygens (including phenoxy) is 1. The Morgan fingerprint density at radius 2 is 1.82 bits per heavy atom. The zero-order valence-corrected chi connectivity index (χ0v) is 21.1. The first-order valence-corrected chi connectivity index (χ1v) is 13.3. The van der Waals surface area contributed by atoms with Crippen LogP contribution in [0.3, 0.4) is 0 Å². The number of carbonyl (C=O) groups excluding carboxylic acids is 1. The Hall–Kier alpha value is -2.42. The molecule has 0 spiro atoms. The fourth-order valence-electron chi connectivity index (χ4n) is 4.37. The summed E-state index contributed by atoms with van der Waals surface area (Å²) in [5.41, 5.74) is 2.95. The molecule has 8 heteroatoms. The van der Waals surface area contributed by atoms with Gasteiger partial charge in [-0.2, -0.15) is 4.31 Å². The molecule has 1 N–H and O–H groups in total. The summed E-state index contributed by atoms with van der Waals surface area (Å²) in [7, 11) is -2.11. The molecule has 0 unspecified atom stereocenters. The smallest absolute Gasteiger partial charge is 0.247 e. The number of aliphatic hydroxyl groups is 1. The molecule has 2 aromatic carbocycles. The van der Waals surface area contributed by atoms with Crippen molar-refractivity contribution in [3.05, 3.63) is 48.0 Å². The number of fused-ring (bicyclic) bond motifs is 1. The maximum atomic E-state index is 13.6. The molecule has 1 heterocycles. The van der Waals surface area contributed by atoms with Crippen LogP contribution in [0.2, 0.25) is 0 Å². The molecule has 2 aromatic rings. The minimum absolute atomic E-state index is 0.0803. The highest BCUT2D eigenvalue weighted by Crippen LogP contribution is 2.37. The van der Waals surface area contributed by atoms with Crippen molar-refractivity contribution < 1.29 is 23.1 Å². The topological polar surface area (TPSA) is 87.2 Å². The van der Waals surface area contributed by atoms with E-state index in [0.717, 1.165) is 29.5 Å². The molecule has 0 bridgehead atoms. The van der Waals surface area contributed by atoms with Gasteiger partial charge in [0.1, 0.15) is 16.7 Å². The van der Waals surface area contributed by atoms with Gasteiger partial charge in [-0.1, -0.05) is 42.8 Å². The molecular formula is C26H34N2O5S. The van der Waals surface area contributed by atoms with Gasteiger partial charge in [0, 0.05) is 31.5 Å². The third kappa shape index (κ3) is 4.99. The summed E-state index contributed by atoms with van der Waals surface area (Å²) in [5.74, 6) is 0.284. The van der Waals surface area contributed by atoms with Crippen LogP contribution in [0, 0.1) is 18.8 Å². The van der Waals surface area contributed by atoms with Gasteiger partial charge in [-0.25, -0.2) is 8.42 Å². The molecule has 7 nitrogen and oxygen atoms in total. The van der Waals surface area contributed by atoms with Crippen LogP contribution in [0.5, 0.6) is 5.75 Å². The van der Waals surface area contributed by atoms with Crippen LogP contribution < -0.4 is 4.74 Å². The molecule has 2 aliphatic rings. The predicted octanol–water partition coefficient (Wildman–Crippen LogP) is 3.30. The van der Waals surface area contributed by atoms with Crippen LogP contribution in [-0.2, 0) is 14.8 Å². The van der Waals surface area contributed by atoms with Crippen LogP contribution in [0.4, 0.5) is 0 Å². The Bertz CT molecular complexity index is 1140. The van der Waals surface area contributed by atoms with Crippen LogP contribution >= 0.6 is 0 Å². The molecule has 4 rings (SSSR count). The maximum Gasteiger partial charge on any atom is 0.247 e. The molecule has 1 saturated carbocycles. The van der Waals surface area contributed by atoms with E-state index in [1.54, 1.807) is 37.1 Å². The fraction of sp³-hybridized carbons (Fsp3) is 0.500. The lowest BCUT2D eigenvalue weighted by Crippen LogP contribution is -2.50. The van der Waals surface area contributed by atoms with E-state index in [9.17, 15) is 18.3 Å². The van der Waals surface area contributed by atoms with Crippen molar-refractivity contribution in [3.8, 4) is 16.9 Å². The quantitative estimate of drug-likeness (QED) is 0.677. The van der Waals surface area contributed by atoms with E-state index in [1.165, 1.54) is 4.31 Å². The Balaban J connectivity index is 1.76. The number of sulfonamides is 1. The van der Waals surface area contributed by atoms with Crippen molar-refractivity contribution in [3.63, 3.8) is 0 Å². The highest BCUT2D eigenvalue weighted by molar-refractivity contribution is 7.89. The van der Waals surface area contributed by atoms with Gasteiger partial charge in [-0.05, 0) is 49.9 Å². The lowest BCUT2D eigenvalue weighted by Gasteiger charge is -2.37. The van der Waals surface area contributed by atoms with Crippen LogP contribution in [-0.4, -0.2) is 67.5 Å². The second-order valence-corrected chi connectivity index (χ2v) is 11.6. The zero-order chi connectivity index (χ0) is 24.6. The molecule has 1 aliphatic heterocycles. The molecule has 184 valence electrons. The SMILES string of the molecule is Cc1ccc(-c2ccc3c(c2)O[C@@H](CN(C)C(=O)C2CC2)[C@H](C)CN([C@@H](C)CO)S3(=O)=O)cc1. The second-order valence-electron chi connectivity index (χ2n) is 9.76. The summed E-state index contributed by atoms with van der Waals surface area (Å²) in [6, 6.07) is 12.6. The van der Waals surface area contributed by atoms with Gasteiger partial charge in [-0.3, -0.25) is 4.79 Å². The summed E-state index contributed by atoms with van der Waals surface area (Å²) in [6.07, 6.45) is 1.45. The third-order valence-electron chi connectivity index (χ3n) is 6.81. The molecule has 1 aliphatic carbocycles. The molecule has 34 heavy (non-hydrogen) atoms. The van der Waals surface area contributed by atoms with E-state index >= 15 is 0 Å². The van der Waals surface area contributed by atoms with Gasteiger partial charge in [0.05, 0.1) is 13.2 Å². The van der Waals surface area contributed by atoms with Crippen molar-refractivity contribution in [2.75, 3.05) is 26.7 Å². The Labute approximate surface area is 202 Å². The monoisotopic (exact) mass is 486 g/mol. The maximum absolute atomic E-state index is 13.6. The minimum Gasteiger partial charge on any atom is -0.487 e. The summed E-state index contributed by atoms with van der Waals surface area (Å²) < 4.78 is 35.0. The lowest BCUT2D eigenvalue weighted by molar-refractivity contribution is -0.132. The van der Waals surface area contributed by atoms with Gasteiger partial charge >= 0.3 is 0 Å². The number of benzene rings is 2. The van der Waals surface area contributed by atoms with Crippen molar-refractivity contribution in [2.45, 2.75) is 50.7 Å². The standard InChI is InChI=1S/C26H34N2O5S/c1-17-5-7-20(8-6-17)22-11-12-25-23(13-22)33-24(15-27(4)26(30)21-9-10-21)18(2)14-28(19(3)16-29)34(25,31)32/h5-8,11-13,18-19,21,24,29H,9-10,14-16H2,1-4H3/t18-,19+,24+/m1/s1. The van der Waals surface area contributed by atoms with E-state index < -0.39 is 22.2 Å². The molecule has 0 aromatic heterocycles. The van der Waals surface area contributed by atoms with E-state index in [2.05, 4.69) is 0 Å². The number of hydrogen-bond donors (Lipinski definition) is 1. The highest BCUT2D eigenvalue weighted by Gasteiger charge is 2.39. The number of likely N-dealkylation sites (N-methyl/N-ethyl adjacent to an activating group) is 1. The second kappa shape index (κ2) is 9.68. The lowest BCUT2D eigenvalue weighted by atomic mass is 10.0. The largest absolute Gasteiger partial charge is 0.487 e. The normalized spacial score (nSPS) is 23.2. The highest BCUT2D eigenvalue weighted by atomic mass is 32.2. The van der Waals surface area contributed by atoms with Crippen LogP contribution in [0.1, 0.15) is 32.3 Å². The average Bonchev–Trinajstić information content (AvgIpc) is 3.66. The predicted molar refractivity (Wildman–Crippen MR) is 131 cm³/mol. The van der Waals surface area contributed by atoms with Crippen LogP contribution in [0.25, 0.3) is 11.1 Å². The van der Waals surface area contributed by atoms with Gasteiger partial charge in [0.2, 0.25) is 15.9 Å². The van der Waals surface area contributed by atoms with Crippen molar-refractivity contribution in [1.29, 1.82) is 0 Å². The summed E-state index contributed by atoms with van der Waals surface area (Å²) in [6.45, 7) is 5.93. The molecule has 0 radical (unpaired) electrons. The van der Waals surface area contributed by atoms with Crippen molar-refractivity contribution in [1.82, 2.24) is 9.21 Å². The van der Waals surface area contributed by atoms with Crippen molar-refractivity contribution >= 4 is 15.9 Å². The average molecular weight is 487 g/mol. The van der Waals surface area contributed by atoms with E-state index in [4.69, 9.17) is 4.74 Å². The Morgan fingerprint density at radius 1 is 1.18 bits per heavy atom. The van der Waals surface area contributed by atoms with Gasteiger partial charge in [0.25, 0.3) is 0 Å². The number of amides is 1. The number of rotatable bonds is 6. The molecule has 1 fully saturated rings. The number of aryl methyl sites for hydroxylation is 1. The molecule has 3 atom stereocenters. The van der Waals surface area contributed by atoms with Crippen molar-refractivity contribution in [2.24, 2.45) is 11.8 Å². The number of nitrogens with zero attached hydrogens (tertiary/aromatic N) is 2. The summed E-state index contributed by atoms with van der Waals surface area (Å²) in [4.78, 5) is 14.4. The summed E-state index contributed by atoms with van der Waals surface area (Å²) in [5, 5.41) is 9.79. The first kappa shape index (κ1) is 24.7. The molecule has 1 amide bonds. The van der Waals surface area contributed by atoms with E-state index in [-0.39, 0.29) is 41.5 Å². The summed E-state index contributed by atoms with van der Waals surface area (Å²) >= 11 is 0. The van der Waals surface area contributed by atoms with E-state index in [0.29, 0.717) is 6.54 Å². The first-order valence-electron chi connectivity index (χ1n) is 11.9. The zero-order valence-electron chi connectivity index (χ0n) is 20.3. The van der Waals surface area contributed by atoms with Gasteiger partial charge in [-0.15, -0.1) is 0 Å². The fourth-order valence-corrected chi connectivity index (χ4v) is 6.20.